The van der Waals surface area contributed by atoms with E-state index >= 15 is 0 Å². The summed E-state index contributed by atoms with van der Waals surface area (Å²) in [7, 11) is 1.92. The van der Waals surface area contributed by atoms with Crippen molar-refractivity contribution in [2.45, 2.75) is 12.8 Å². The largest absolute Gasteiger partial charge is 0.346 e. The SMILES string of the molecule is CN(CC1CCNCC1)C(=O)C1=CC2=CNC3=CC=CC(=C1)N23. The number of hydrogen-bond donors (Lipinski definition) is 2. The smallest absolute Gasteiger partial charge is 0.253 e. The number of piperidine rings is 1. The van der Waals surface area contributed by atoms with Crippen molar-refractivity contribution in [2.75, 3.05) is 26.7 Å². The van der Waals surface area contributed by atoms with E-state index in [2.05, 4.69) is 15.5 Å². The summed E-state index contributed by atoms with van der Waals surface area (Å²) in [6.07, 6.45) is 14.3. The Morgan fingerprint density at radius 3 is 2.96 bits per heavy atom. The van der Waals surface area contributed by atoms with Gasteiger partial charge in [-0.1, -0.05) is 6.08 Å². The lowest BCUT2D eigenvalue weighted by Gasteiger charge is -2.31. The quantitative estimate of drug-likeness (QED) is 0.828. The van der Waals surface area contributed by atoms with Crippen molar-refractivity contribution >= 4 is 5.91 Å². The van der Waals surface area contributed by atoms with Crippen LogP contribution in [-0.2, 0) is 4.79 Å². The minimum absolute atomic E-state index is 0.105. The molecule has 0 radical (unpaired) electrons. The van der Waals surface area contributed by atoms with Gasteiger partial charge in [0.1, 0.15) is 5.82 Å². The molecule has 0 aromatic carbocycles. The maximum Gasteiger partial charge on any atom is 0.253 e. The molecule has 5 nitrogen and oxygen atoms in total. The lowest BCUT2D eigenvalue weighted by Crippen LogP contribution is -2.38. The van der Waals surface area contributed by atoms with E-state index in [1.807, 2.05) is 48.5 Å². The molecule has 4 rings (SSSR count). The van der Waals surface area contributed by atoms with Crippen molar-refractivity contribution in [2.24, 2.45) is 5.92 Å². The van der Waals surface area contributed by atoms with Gasteiger partial charge < -0.3 is 15.5 Å². The third-order valence-corrected chi connectivity index (χ3v) is 4.84. The van der Waals surface area contributed by atoms with Crippen molar-refractivity contribution in [3.8, 4) is 0 Å². The van der Waals surface area contributed by atoms with E-state index in [0.29, 0.717) is 5.92 Å². The third-order valence-electron chi connectivity index (χ3n) is 4.84. The molecule has 0 bridgehead atoms. The second-order valence-corrected chi connectivity index (χ2v) is 6.51. The fourth-order valence-electron chi connectivity index (χ4n) is 3.60. The highest BCUT2D eigenvalue weighted by Gasteiger charge is 2.29. The highest BCUT2D eigenvalue weighted by Crippen LogP contribution is 2.33. The molecule has 0 atom stereocenters. The summed E-state index contributed by atoms with van der Waals surface area (Å²) in [5.74, 6) is 1.75. The molecule has 1 amide bonds. The summed E-state index contributed by atoms with van der Waals surface area (Å²) in [4.78, 5) is 16.8. The molecule has 4 aliphatic heterocycles. The summed E-state index contributed by atoms with van der Waals surface area (Å²) in [5.41, 5.74) is 2.82. The Hall–Kier alpha value is -2.27. The maximum atomic E-state index is 12.8. The van der Waals surface area contributed by atoms with Gasteiger partial charge in [0.15, 0.2) is 0 Å². The monoisotopic (exact) mass is 310 g/mol. The molecule has 0 aromatic heterocycles. The average Bonchev–Trinajstić information content (AvgIpc) is 3.00. The minimum Gasteiger partial charge on any atom is -0.346 e. The molecular weight excluding hydrogens is 288 g/mol. The van der Waals surface area contributed by atoms with Crippen LogP contribution < -0.4 is 10.6 Å². The number of allylic oxidation sites excluding steroid dienone is 4. The Bertz CT molecular complexity index is 677. The van der Waals surface area contributed by atoms with Gasteiger partial charge in [-0.15, -0.1) is 0 Å². The number of carbonyl (C=O) groups excluding carboxylic acids is 1. The second kappa shape index (κ2) is 5.74. The van der Waals surface area contributed by atoms with Crippen LogP contribution in [0.5, 0.6) is 0 Å². The third kappa shape index (κ3) is 2.61. The second-order valence-electron chi connectivity index (χ2n) is 6.51. The van der Waals surface area contributed by atoms with Crippen LogP contribution >= 0.6 is 0 Å². The molecule has 0 unspecified atom stereocenters. The number of amides is 1. The molecule has 0 aromatic rings. The molecule has 2 N–H and O–H groups in total. The lowest BCUT2D eigenvalue weighted by molar-refractivity contribution is -0.126. The Morgan fingerprint density at radius 1 is 1.30 bits per heavy atom. The number of carbonyl (C=O) groups is 1. The van der Waals surface area contributed by atoms with E-state index in [4.69, 9.17) is 0 Å². The van der Waals surface area contributed by atoms with Crippen LogP contribution in [0.15, 0.2) is 59.4 Å². The minimum atomic E-state index is 0.105. The van der Waals surface area contributed by atoms with Gasteiger partial charge >= 0.3 is 0 Å². The average molecular weight is 310 g/mol. The molecule has 4 heterocycles. The van der Waals surface area contributed by atoms with E-state index in [1.165, 1.54) is 0 Å². The molecule has 1 fully saturated rings. The lowest BCUT2D eigenvalue weighted by atomic mass is 9.97. The highest BCUT2D eigenvalue weighted by molar-refractivity contribution is 5.97. The van der Waals surface area contributed by atoms with Crippen LogP contribution in [0.1, 0.15) is 12.8 Å². The summed E-state index contributed by atoms with van der Waals surface area (Å²) in [5, 5.41) is 6.61. The summed E-state index contributed by atoms with van der Waals surface area (Å²) in [6, 6.07) is 0. The number of likely N-dealkylation sites (N-methyl/N-ethyl adjacent to an activating group) is 1. The van der Waals surface area contributed by atoms with Crippen molar-refractivity contribution in [1.82, 2.24) is 20.4 Å². The number of nitrogens with one attached hydrogen (secondary N) is 2. The van der Waals surface area contributed by atoms with Gasteiger partial charge in [0.25, 0.3) is 5.91 Å². The van der Waals surface area contributed by atoms with Crippen LogP contribution in [0, 0.1) is 5.92 Å². The molecule has 0 spiro atoms. The summed E-state index contributed by atoms with van der Waals surface area (Å²) < 4.78 is 0. The molecule has 0 aliphatic carbocycles. The molecule has 1 saturated heterocycles. The first-order chi connectivity index (χ1) is 11.2. The van der Waals surface area contributed by atoms with Gasteiger partial charge in [0, 0.05) is 31.1 Å². The zero-order valence-electron chi connectivity index (χ0n) is 13.4. The zero-order chi connectivity index (χ0) is 15.8. The van der Waals surface area contributed by atoms with E-state index < -0.39 is 0 Å². The predicted octanol–water partition coefficient (Wildman–Crippen LogP) is 1.43. The first kappa shape index (κ1) is 14.3. The Labute approximate surface area is 136 Å². The normalized spacial score (nSPS) is 22.6. The van der Waals surface area contributed by atoms with Crippen molar-refractivity contribution in [3.63, 3.8) is 0 Å². The van der Waals surface area contributed by atoms with Gasteiger partial charge in [0.05, 0.1) is 5.70 Å². The fraction of sp³-hybridized carbons (Fsp3) is 0.389. The highest BCUT2D eigenvalue weighted by atomic mass is 16.2. The van der Waals surface area contributed by atoms with Crippen molar-refractivity contribution < 1.29 is 4.79 Å². The van der Waals surface area contributed by atoms with Crippen LogP contribution in [0.25, 0.3) is 0 Å². The van der Waals surface area contributed by atoms with Gasteiger partial charge in [-0.05, 0) is 56.2 Å². The molecule has 120 valence electrons. The first-order valence-corrected chi connectivity index (χ1v) is 8.27. The van der Waals surface area contributed by atoms with Crippen LogP contribution in [0.2, 0.25) is 0 Å². The number of nitrogens with zero attached hydrogens (tertiary/aromatic N) is 2. The van der Waals surface area contributed by atoms with E-state index in [0.717, 1.165) is 55.3 Å². The van der Waals surface area contributed by atoms with Crippen molar-refractivity contribution in [3.05, 3.63) is 59.4 Å². The van der Waals surface area contributed by atoms with Crippen LogP contribution in [0.3, 0.4) is 0 Å². The first-order valence-electron chi connectivity index (χ1n) is 8.27. The fourth-order valence-corrected chi connectivity index (χ4v) is 3.60. The standard InChI is InChI=1S/C18H22N4O/c1-21(12-13-5-7-19-8-6-13)18(23)14-9-15-3-2-4-17-20-11-16(10-14)22(15)17/h2-4,9-11,13,19-20H,5-8,12H2,1H3. The van der Waals surface area contributed by atoms with Gasteiger partial charge in [-0.25, -0.2) is 0 Å². The Balaban J connectivity index is 1.50. The molecule has 0 saturated carbocycles. The van der Waals surface area contributed by atoms with Gasteiger partial charge in [-0.2, -0.15) is 0 Å². The molecular formula is C18H22N4O. The molecule has 5 heteroatoms. The number of hydrogen-bond acceptors (Lipinski definition) is 4. The van der Waals surface area contributed by atoms with E-state index in [-0.39, 0.29) is 5.91 Å². The van der Waals surface area contributed by atoms with Crippen LogP contribution in [-0.4, -0.2) is 42.4 Å². The van der Waals surface area contributed by atoms with Gasteiger partial charge in [-0.3, -0.25) is 9.69 Å². The topological polar surface area (TPSA) is 47.6 Å². The summed E-state index contributed by atoms with van der Waals surface area (Å²) >= 11 is 0. The Morgan fingerprint density at radius 2 is 2.13 bits per heavy atom. The molecule has 4 aliphatic rings. The van der Waals surface area contributed by atoms with Crippen LogP contribution in [0.4, 0.5) is 0 Å². The van der Waals surface area contributed by atoms with Crippen molar-refractivity contribution in [1.29, 1.82) is 0 Å². The predicted molar refractivity (Wildman–Crippen MR) is 89.7 cm³/mol. The van der Waals surface area contributed by atoms with E-state index in [9.17, 15) is 4.79 Å². The van der Waals surface area contributed by atoms with E-state index in [1.54, 1.807) is 0 Å². The number of rotatable bonds is 3. The summed E-state index contributed by atoms with van der Waals surface area (Å²) in [6.45, 7) is 2.96. The van der Waals surface area contributed by atoms with Gasteiger partial charge in [0.2, 0.25) is 0 Å². The maximum absolute atomic E-state index is 12.8. The zero-order valence-corrected chi connectivity index (χ0v) is 13.4. The molecule has 23 heavy (non-hydrogen) atoms. The Kier molecular flexibility index (Phi) is 3.58.